The first-order valence-corrected chi connectivity index (χ1v) is 6.44. The summed E-state index contributed by atoms with van der Waals surface area (Å²) in [6.07, 6.45) is 4.35. The van der Waals surface area contributed by atoms with Gasteiger partial charge < -0.3 is 10.0 Å². The van der Waals surface area contributed by atoms with E-state index < -0.39 is 0 Å². The molecule has 2 atom stereocenters. The highest BCUT2D eigenvalue weighted by atomic mass is 16.3. The number of pyridine rings is 1. The number of nitrogens with zero attached hydrogens (tertiary/aromatic N) is 2. The predicted octanol–water partition coefficient (Wildman–Crippen LogP) is 1.62. The molecule has 0 saturated heterocycles. The van der Waals surface area contributed by atoms with Crippen LogP contribution in [0.15, 0.2) is 18.3 Å². The van der Waals surface area contributed by atoms with Crippen LogP contribution in [0.25, 0.3) is 0 Å². The average Bonchev–Trinajstić information content (AvgIpc) is 2.75. The maximum atomic E-state index is 12.3. The van der Waals surface area contributed by atoms with Crippen molar-refractivity contribution >= 4 is 5.91 Å². The molecular weight excluding hydrogens is 228 g/mol. The molecule has 1 aromatic rings. The first-order chi connectivity index (χ1) is 8.59. The molecule has 0 aromatic carbocycles. The van der Waals surface area contributed by atoms with Gasteiger partial charge in [0.25, 0.3) is 5.91 Å². The van der Waals surface area contributed by atoms with Crippen molar-refractivity contribution in [2.24, 2.45) is 5.92 Å². The van der Waals surface area contributed by atoms with Crippen LogP contribution in [0.1, 0.15) is 35.3 Å². The number of hydrogen-bond acceptors (Lipinski definition) is 3. The Balaban J connectivity index is 2.03. The fraction of sp³-hybridized carbons (Fsp3) is 0.571. The van der Waals surface area contributed by atoms with Gasteiger partial charge in [-0.15, -0.1) is 0 Å². The number of carbonyl (C=O) groups excluding carboxylic acids is 1. The number of aromatic nitrogens is 1. The van der Waals surface area contributed by atoms with Crippen LogP contribution in [0.5, 0.6) is 0 Å². The molecule has 0 aliphatic heterocycles. The number of amides is 1. The van der Waals surface area contributed by atoms with Crippen LogP contribution in [-0.4, -0.2) is 40.6 Å². The zero-order chi connectivity index (χ0) is 13.1. The third kappa shape index (κ3) is 2.70. The van der Waals surface area contributed by atoms with Crippen molar-refractivity contribution in [3.63, 3.8) is 0 Å². The van der Waals surface area contributed by atoms with Gasteiger partial charge in [-0.3, -0.25) is 9.78 Å². The maximum Gasteiger partial charge on any atom is 0.255 e. The number of hydrogen-bond donors (Lipinski definition) is 1. The Morgan fingerprint density at radius 1 is 1.56 bits per heavy atom. The van der Waals surface area contributed by atoms with E-state index in [-0.39, 0.29) is 17.9 Å². The summed E-state index contributed by atoms with van der Waals surface area (Å²) in [4.78, 5) is 18.1. The highest BCUT2D eigenvalue weighted by molar-refractivity contribution is 5.95. The predicted molar refractivity (Wildman–Crippen MR) is 69.3 cm³/mol. The first kappa shape index (κ1) is 13.0. The van der Waals surface area contributed by atoms with E-state index in [1.807, 2.05) is 6.92 Å². The number of aliphatic hydroxyl groups is 1. The molecule has 0 radical (unpaired) electrons. The number of aryl methyl sites for hydroxylation is 1. The van der Waals surface area contributed by atoms with E-state index in [0.717, 1.165) is 25.0 Å². The normalized spacial score (nSPS) is 23.1. The van der Waals surface area contributed by atoms with Gasteiger partial charge >= 0.3 is 0 Å². The minimum Gasteiger partial charge on any atom is -0.393 e. The molecule has 1 amide bonds. The summed E-state index contributed by atoms with van der Waals surface area (Å²) in [6, 6.07) is 3.57. The van der Waals surface area contributed by atoms with E-state index in [9.17, 15) is 9.90 Å². The summed E-state index contributed by atoms with van der Waals surface area (Å²) in [5.41, 5.74) is 1.40. The second kappa shape index (κ2) is 5.48. The van der Waals surface area contributed by atoms with Gasteiger partial charge in [-0.05, 0) is 31.9 Å². The quantitative estimate of drug-likeness (QED) is 0.884. The summed E-state index contributed by atoms with van der Waals surface area (Å²) >= 11 is 0. The minimum atomic E-state index is -0.254. The van der Waals surface area contributed by atoms with Gasteiger partial charge in [-0.1, -0.05) is 6.42 Å². The lowest BCUT2D eigenvalue weighted by atomic mass is 10.0. The van der Waals surface area contributed by atoms with Crippen molar-refractivity contribution < 1.29 is 9.90 Å². The Hall–Kier alpha value is -1.42. The van der Waals surface area contributed by atoms with E-state index >= 15 is 0 Å². The van der Waals surface area contributed by atoms with Crippen molar-refractivity contribution in [2.75, 3.05) is 13.6 Å². The summed E-state index contributed by atoms with van der Waals surface area (Å²) in [6.45, 7) is 2.46. The molecule has 1 saturated carbocycles. The molecule has 0 bridgehead atoms. The Morgan fingerprint density at radius 3 is 2.94 bits per heavy atom. The van der Waals surface area contributed by atoms with Gasteiger partial charge in [0.15, 0.2) is 0 Å². The highest BCUT2D eigenvalue weighted by Gasteiger charge is 2.28. The van der Waals surface area contributed by atoms with Gasteiger partial charge in [0.05, 0.1) is 11.7 Å². The van der Waals surface area contributed by atoms with Crippen LogP contribution in [0.3, 0.4) is 0 Å². The molecule has 4 nitrogen and oxygen atoms in total. The third-order valence-corrected chi connectivity index (χ3v) is 3.71. The van der Waals surface area contributed by atoms with Crippen LogP contribution >= 0.6 is 0 Å². The zero-order valence-corrected chi connectivity index (χ0v) is 11.0. The molecule has 0 spiro atoms. The van der Waals surface area contributed by atoms with Gasteiger partial charge in [-0.25, -0.2) is 0 Å². The molecule has 1 aliphatic carbocycles. The molecule has 1 aliphatic rings. The lowest BCUT2D eigenvalue weighted by molar-refractivity contribution is 0.0692. The second-order valence-corrected chi connectivity index (χ2v) is 5.08. The molecule has 1 aromatic heterocycles. The summed E-state index contributed by atoms with van der Waals surface area (Å²) in [5, 5.41) is 9.79. The molecular formula is C14H20N2O2. The fourth-order valence-electron chi connectivity index (χ4n) is 2.58. The molecule has 18 heavy (non-hydrogen) atoms. The lowest BCUT2D eigenvalue weighted by Gasteiger charge is -2.23. The van der Waals surface area contributed by atoms with E-state index in [2.05, 4.69) is 4.98 Å². The molecule has 2 unspecified atom stereocenters. The van der Waals surface area contributed by atoms with E-state index in [4.69, 9.17) is 0 Å². The maximum absolute atomic E-state index is 12.3. The van der Waals surface area contributed by atoms with Crippen molar-refractivity contribution in [2.45, 2.75) is 32.3 Å². The summed E-state index contributed by atoms with van der Waals surface area (Å²) in [7, 11) is 1.79. The number of rotatable bonds is 3. The monoisotopic (exact) mass is 248 g/mol. The Bertz CT molecular complexity index is 434. The molecule has 4 heteroatoms. The molecule has 98 valence electrons. The standard InChI is InChI=1S/C14H20N2O2/c1-10-12(6-4-8-15-10)14(18)16(2)9-11-5-3-7-13(11)17/h4,6,8,11,13,17H,3,5,7,9H2,1-2H3. The van der Waals surface area contributed by atoms with Gasteiger partial charge in [-0.2, -0.15) is 0 Å². The molecule has 1 fully saturated rings. The van der Waals surface area contributed by atoms with Crippen LogP contribution in [0.2, 0.25) is 0 Å². The lowest BCUT2D eigenvalue weighted by Crippen LogP contribution is -2.34. The van der Waals surface area contributed by atoms with E-state index in [0.29, 0.717) is 12.1 Å². The van der Waals surface area contributed by atoms with E-state index in [1.165, 1.54) is 0 Å². The van der Waals surface area contributed by atoms with Crippen LogP contribution in [0.4, 0.5) is 0 Å². The van der Waals surface area contributed by atoms with Crippen molar-refractivity contribution in [1.29, 1.82) is 0 Å². The Labute approximate surface area is 108 Å². The van der Waals surface area contributed by atoms with Crippen LogP contribution in [-0.2, 0) is 0 Å². The molecule has 1 N–H and O–H groups in total. The molecule has 2 rings (SSSR count). The van der Waals surface area contributed by atoms with Gasteiger partial charge in [0, 0.05) is 31.4 Å². The van der Waals surface area contributed by atoms with Crippen LogP contribution < -0.4 is 0 Å². The minimum absolute atomic E-state index is 0.0142. The van der Waals surface area contributed by atoms with Gasteiger partial charge in [0.2, 0.25) is 0 Å². The average molecular weight is 248 g/mol. The number of carbonyl (C=O) groups is 1. The summed E-state index contributed by atoms with van der Waals surface area (Å²) in [5.74, 6) is 0.204. The summed E-state index contributed by atoms with van der Waals surface area (Å²) < 4.78 is 0. The first-order valence-electron chi connectivity index (χ1n) is 6.44. The van der Waals surface area contributed by atoms with Gasteiger partial charge in [0.1, 0.15) is 0 Å². The Morgan fingerprint density at radius 2 is 2.33 bits per heavy atom. The zero-order valence-electron chi connectivity index (χ0n) is 11.0. The van der Waals surface area contributed by atoms with Crippen molar-refractivity contribution in [3.8, 4) is 0 Å². The fourth-order valence-corrected chi connectivity index (χ4v) is 2.58. The van der Waals surface area contributed by atoms with Crippen molar-refractivity contribution in [1.82, 2.24) is 9.88 Å². The SMILES string of the molecule is Cc1ncccc1C(=O)N(C)CC1CCCC1O. The van der Waals surface area contributed by atoms with Crippen molar-refractivity contribution in [3.05, 3.63) is 29.6 Å². The third-order valence-electron chi connectivity index (χ3n) is 3.71. The largest absolute Gasteiger partial charge is 0.393 e. The highest BCUT2D eigenvalue weighted by Crippen LogP contribution is 2.26. The topological polar surface area (TPSA) is 53.4 Å². The number of aliphatic hydroxyl groups excluding tert-OH is 1. The van der Waals surface area contributed by atoms with Crippen LogP contribution in [0, 0.1) is 12.8 Å². The smallest absolute Gasteiger partial charge is 0.255 e. The second-order valence-electron chi connectivity index (χ2n) is 5.08. The Kier molecular flexibility index (Phi) is 3.97. The van der Waals surface area contributed by atoms with E-state index in [1.54, 1.807) is 30.3 Å². The molecule has 1 heterocycles.